The molecule has 2 heterocycles. The molecule has 1 aliphatic heterocycles. The van der Waals surface area contributed by atoms with Gasteiger partial charge < -0.3 is 10.3 Å². The molecule has 2 heteroatoms. The van der Waals surface area contributed by atoms with Crippen molar-refractivity contribution in [1.29, 1.82) is 0 Å². The summed E-state index contributed by atoms with van der Waals surface area (Å²) in [6.45, 7) is 11.0. The molecule has 0 unspecified atom stereocenters. The van der Waals surface area contributed by atoms with Crippen molar-refractivity contribution in [2.24, 2.45) is 0 Å². The molecule has 0 bridgehead atoms. The zero-order chi connectivity index (χ0) is 12.2. The largest absolute Gasteiger partial charge is 0.357 e. The molecule has 0 amide bonds. The van der Waals surface area contributed by atoms with E-state index in [1.54, 1.807) is 0 Å². The highest BCUT2D eigenvalue weighted by molar-refractivity contribution is 5.88. The third kappa shape index (κ3) is 1.44. The maximum absolute atomic E-state index is 3.68. The van der Waals surface area contributed by atoms with Gasteiger partial charge in [-0.15, -0.1) is 0 Å². The number of hydrogen-bond donors (Lipinski definition) is 2. The van der Waals surface area contributed by atoms with E-state index in [9.17, 15) is 0 Å². The number of benzene rings is 1. The summed E-state index contributed by atoms with van der Waals surface area (Å²) < 4.78 is 0. The lowest BCUT2D eigenvalue weighted by Crippen LogP contribution is -2.38. The molecule has 1 aromatic heterocycles. The van der Waals surface area contributed by atoms with Gasteiger partial charge in [0.1, 0.15) is 0 Å². The van der Waals surface area contributed by atoms with Crippen molar-refractivity contribution >= 4 is 10.9 Å². The number of aryl methyl sites for hydroxylation is 2. The standard InChI is InChI=1S/C15H20N2/c1-9-5-6-11-12-7-16-8-15(3,4)14(12)17-13(11)10(9)2/h5-6,16-17H,7-8H2,1-4H3. The first-order valence-corrected chi connectivity index (χ1v) is 6.32. The van der Waals surface area contributed by atoms with Gasteiger partial charge in [0.2, 0.25) is 0 Å². The average molecular weight is 228 g/mol. The maximum atomic E-state index is 3.68. The Morgan fingerprint density at radius 2 is 1.94 bits per heavy atom. The van der Waals surface area contributed by atoms with Gasteiger partial charge in [0, 0.05) is 35.1 Å². The summed E-state index contributed by atoms with van der Waals surface area (Å²) in [7, 11) is 0. The van der Waals surface area contributed by atoms with Crippen LogP contribution in [0.1, 0.15) is 36.2 Å². The summed E-state index contributed by atoms with van der Waals surface area (Å²) in [4.78, 5) is 3.68. The lowest BCUT2D eigenvalue weighted by molar-refractivity contribution is 0.427. The van der Waals surface area contributed by atoms with Crippen LogP contribution in [-0.4, -0.2) is 11.5 Å². The van der Waals surface area contributed by atoms with Crippen LogP contribution >= 0.6 is 0 Å². The van der Waals surface area contributed by atoms with Crippen LogP contribution in [0.15, 0.2) is 12.1 Å². The minimum Gasteiger partial charge on any atom is -0.357 e. The number of H-pyrrole nitrogens is 1. The number of aromatic amines is 1. The minimum absolute atomic E-state index is 0.201. The molecule has 0 radical (unpaired) electrons. The SMILES string of the molecule is Cc1ccc2c3c([nH]c2c1C)C(C)(C)CNC3. The summed E-state index contributed by atoms with van der Waals surface area (Å²) in [6, 6.07) is 4.49. The van der Waals surface area contributed by atoms with E-state index < -0.39 is 0 Å². The highest BCUT2D eigenvalue weighted by Gasteiger charge is 2.30. The quantitative estimate of drug-likeness (QED) is 0.712. The second-order valence-electron chi connectivity index (χ2n) is 5.90. The number of fused-ring (bicyclic) bond motifs is 3. The summed E-state index contributed by atoms with van der Waals surface area (Å²) in [5.74, 6) is 0. The van der Waals surface area contributed by atoms with Gasteiger partial charge in [-0.3, -0.25) is 0 Å². The van der Waals surface area contributed by atoms with Gasteiger partial charge in [0.15, 0.2) is 0 Å². The van der Waals surface area contributed by atoms with E-state index in [0.29, 0.717) is 0 Å². The molecule has 0 fully saturated rings. The molecule has 1 aliphatic rings. The van der Waals surface area contributed by atoms with Crippen LogP contribution in [0.3, 0.4) is 0 Å². The molecule has 2 nitrogen and oxygen atoms in total. The van der Waals surface area contributed by atoms with Crippen molar-refractivity contribution < 1.29 is 0 Å². The molecule has 3 rings (SSSR count). The molecular formula is C15H20N2. The minimum atomic E-state index is 0.201. The Morgan fingerprint density at radius 3 is 2.71 bits per heavy atom. The number of hydrogen-bond acceptors (Lipinski definition) is 1. The fourth-order valence-corrected chi connectivity index (χ4v) is 2.91. The third-order valence-corrected chi connectivity index (χ3v) is 4.16. The van der Waals surface area contributed by atoms with Crippen LogP contribution in [0.2, 0.25) is 0 Å². The molecule has 17 heavy (non-hydrogen) atoms. The summed E-state index contributed by atoms with van der Waals surface area (Å²) in [5, 5.41) is 4.92. The number of nitrogens with one attached hydrogen (secondary N) is 2. The average Bonchev–Trinajstić information content (AvgIpc) is 2.64. The van der Waals surface area contributed by atoms with E-state index in [4.69, 9.17) is 0 Å². The molecular weight excluding hydrogens is 208 g/mol. The van der Waals surface area contributed by atoms with Crippen LogP contribution in [-0.2, 0) is 12.0 Å². The van der Waals surface area contributed by atoms with Crippen molar-refractivity contribution in [3.63, 3.8) is 0 Å². The predicted molar refractivity (Wildman–Crippen MR) is 72.5 cm³/mol. The molecule has 2 N–H and O–H groups in total. The van der Waals surface area contributed by atoms with Crippen molar-refractivity contribution in [2.45, 2.75) is 39.7 Å². The van der Waals surface area contributed by atoms with Gasteiger partial charge in [-0.05, 0) is 30.5 Å². The van der Waals surface area contributed by atoms with Gasteiger partial charge in [-0.2, -0.15) is 0 Å². The van der Waals surface area contributed by atoms with Crippen LogP contribution in [0.4, 0.5) is 0 Å². The molecule has 0 aliphatic carbocycles. The Hall–Kier alpha value is -1.28. The molecule has 0 saturated heterocycles. The third-order valence-electron chi connectivity index (χ3n) is 4.16. The lowest BCUT2D eigenvalue weighted by atomic mass is 9.84. The Morgan fingerprint density at radius 1 is 1.18 bits per heavy atom. The summed E-state index contributed by atoms with van der Waals surface area (Å²) >= 11 is 0. The first-order valence-electron chi connectivity index (χ1n) is 6.32. The molecule has 0 spiro atoms. The highest BCUT2D eigenvalue weighted by atomic mass is 14.9. The first kappa shape index (κ1) is 10.8. The van der Waals surface area contributed by atoms with Gasteiger partial charge >= 0.3 is 0 Å². The smallest absolute Gasteiger partial charge is 0.0491 e. The lowest BCUT2D eigenvalue weighted by Gasteiger charge is -2.30. The second kappa shape index (κ2) is 3.36. The second-order valence-corrected chi connectivity index (χ2v) is 5.90. The van der Waals surface area contributed by atoms with E-state index in [-0.39, 0.29) is 5.41 Å². The van der Waals surface area contributed by atoms with Gasteiger partial charge in [-0.1, -0.05) is 26.0 Å². The van der Waals surface area contributed by atoms with Crippen LogP contribution < -0.4 is 5.32 Å². The van der Waals surface area contributed by atoms with Crippen LogP contribution in [0.5, 0.6) is 0 Å². The summed E-state index contributed by atoms with van der Waals surface area (Å²) in [6.07, 6.45) is 0. The first-order chi connectivity index (χ1) is 8.00. The van der Waals surface area contributed by atoms with E-state index in [2.05, 4.69) is 50.1 Å². The van der Waals surface area contributed by atoms with Crippen molar-refractivity contribution in [3.05, 3.63) is 34.5 Å². The Kier molecular flexibility index (Phi) is 2.14. The van der Waals surface area contributed by atoms with Crippen LogP contribution in [0.25, 0.3) is 10.9 Å². The molecule has 1 aromatic carbocycles. The highest BCUT2D eigenvalue weighted by Crippen LogP contribution is 2.35. The van der Waals surface area contributed by atoms with E-state index in [1.807, 2.05) is 0 Å². The Labute approximate surface area is 102 Å². The van der Waals surface area contributed by atoms with Crippen molar-refractivity contribution in [3.8, 4) is 0 Å². The molecule has 90 valence electrons. The van der Waals surface area contributed by atoms with E-state index >= 15 is 0 Å². The topological polar surface area (TPSA) is 27.8 Å². The number of aromatic nitrogens is 1. The van der Waals surface area contributed by atoms with Gasteiger partial charge in [0.25, 0.3) is 0 Å². The van der Waals surface area contributed by atoms with Gasteiger partial charge in [0.05, 0.1) is 0 Å². The van der Waals surface area contributed by atoms with Crippen LogP contribution in [0, 0.1) is 13.8 Å². The van der Waals surface area contributed by atoms with E-state index in [1.165, 1.54) is 33.3 Å². The van der Waals surface area contributed by atoms with E-state index in [0.717, 1.165) is 13.1 Å². The predicted octanol–water partition coefficient (Wildman–Crippen LogP) is 3.17. The fourth-order valence-electron chi connectivity index (χ4n) is 2.91. The Balaban J connectivity index is 2.37. The molecule has 0 atom stereocenters. The van der Waals surface area contributed by atoms with Crippen molar-refractivity contribution in [2.75, 3.05) is 6.54 Å². The van der Waals surface area contributed by atoms with Crippen molar-refractivity contribution in [1.82, 2.24) is 10.3 Å². The monoisotopic (exact) mass is 228 g/mol. The maximum Gasteiger partial charge on any atom is 0.0491 e. The van der Waals surface area contributed by atoms with Gasteiger partial charge in [-0.25, -0.2) is 0 Å². The zero-order valence-electron chi connectivity index (χ0n) is 11.1. The number of rotatable bonds is 0. The fraction of sp³-hybridized carbons (Fsp3) is 0.467. The Bertz CT molecular complexity index is 590. The summed E-state index contributed by atoms with van der Waals surface area (Å²) in [5.41, 5.74) is 7.15. The molecule has 0 saturated carbocycles. The molecule has 2 aromatic rings. The normalized spacial score (nSPS) is 18.4. The zero-order valence-corrected chi connectivity index (χ0v) is 11.1.